The Morgan fingerprint density at radius 1 is 1.16 bits per heavy atom. The van der Waals surface area contributed by atoms with Gasteiger partial charge in [-0.15, -0.1) is 11.8 Å². The third-order valence-electron chi connectivity index (χ3n) is 4.18. The van der Waals surface area contributed by atoms with Crippen LogP contribution in [0.2, 0.25) is 0 Å². The predicted octanol–water partition coefficient (Wildman–Crippen LogP) is 4.72. The fraction of sp³-hybridized carbons (Fsp3) is 0.158. The zero-order valence-electron chi connectivity index (χ0n) is 13.6. The lowest BCUT2D eigenvalue weighted by molar-refractivity contribution is -0.113. The summed E-state index contributed by atoms with van der Waals surface area (Å²) < 4.78 is 2.88. The van der Waals surface area contributed by atoms with Crippen LogP contribution in [0.3, 0.4) is 0 Å². The van der Waals surface area contributed by atoms with Gasteiger partial charge in [0, 0.05) is 10.0 Å². The number of nitrogens with one attached hydrogen (secondary N) is 1. The molecule has 2 aromatic carbocycles. The number of anilines is 1. The first-order valence-electron chi connectivity index (χ1n) is 7.95. The first-order chi connectivity index (χ1) is 12.1. The maximum Gasteiger partial charge on any atom is 0.235 e. The molecular weight excluding hydrogens is 398 g/mol. The lowest BCUT2D eigenvalue weighted by Crippen LogP contribution is -2.15. The molecule has 1 amide bonds. The summed E-state index contributed by atoms with van der Waals surface area (Å²) in [7, 11) is 0. The predicted molar refractivity (Wildman–Crippen MR) is 105 cm³/mol. The fourth-order valence-corrected chi connectivity index (χ4v) is 4.49. The Morgan fingerprint density at radius 2 is 1.88 bits per heavy atom. The lowest BCUT2D eigenvalue weighted by Gasteiger charge is -2.15. The van der Waals surface area contributed by atoms with Crippen molar-refractivity contribution in [2.75, 3.05) is 11.1 Å². The van der Waals surface area contributed by atoms with Crippen LogP contribution in [0.25, 0.3) is 5.69 Å². The standard InChI is InChI=1S/C19H16BrN3OS/c1-12-17-18(13-7-9-14(20)10-8-13)25-11-16(24)21-19(17)23(22-12)15-5-3-2-4-6-15/h2-10,18H,11H2,1H3,(H,21,24)/t18-/m0/s1. The Kier molecular flexibility index (Phi) is 4.39. The van der Waals surface area contributed by atoms with Gasteiger partial charge >= 0.3 is 0 Å². The lowest BCUT2D eigenvalue weighted by atomic mass is 10.0. The third-order valence-corrected chi connectivity index (χ3v) is 5.98. The minimum absolute atomic E-state index is 0.00272. The van der Waals surface area contributed by atoms with Gasteiger partial charge in [-0.2, -0.15) is 5.10 Å². The highest BCUT2D eigenvalue weighted by atomic mass is 79.9. The molecule has 1 N–H and O–H groups in total. The van der Waals surface area contributed by atoms with Gasteiger partial charge < -0.3 is 5.32 Å². The summed E-state index contributed by atoms with van der Waals surface area (Å²) in [6.45, 7) is 2.00. The Bertz CT molecular complexity index is 922. The number of aromatic nitrogens is 2. The van der Waals surface area contributed by atoms with Gasteiger partial charge in [-0.3, -0.25) is 4.79 Å². The zero-order chi connectivity index (χ0) is 17.4. The molecule has 0 fully saturated rings. The van der Waals surface area contributed by atoms with Crippen molar-refractivity contribution in [2.45, 2.75) is 12.2 Å². The van der Waals surface area contributed by atoms with E-state index >= 15 is 0 Å². The highest BCUT2D eigenvalue weighted by Crippen LogP contribution is 2.43. The van der Waals surface area contributed by atoms with Gasteiger partial charge in [0.05, 0.1) is 22.4 Å². The normalized spacial score (nSPS) is 16.9. The molecule has 0 unspecified atom stereocenters. The molecule has 0 aliphatic carbocycles. The summed E-state index contributed by atoms with van der Waals surface area (Å²) in [5.41, 5.74) is 4.11. The van der Waals surface area contributed by atoms with Gasteiger partial charge in [0.25, 0.3) is 0 Å². The van der Waals surface area contributed by atoms with Crippen molar-refractivity contribution in [1.82, 2.24) is 9.78 Å². The molecule has 1 aliphatic rings. The van der Waals surface area contributed by atoms with Gasteiger partial charge in [0.1, 0.15) is 5.82 Å². The summed E-state index contributed by atoms with van der Waals surface area (Å²) in [6, 6.07) is 18.2. The minimum atomic E-state index is 0.00272. The Morgan fingerprint density at radius 3 is 2.60 bits per heavy atom. The average Bonchev–Trinajstić information content (AvgIpc) is 2.83. The molecule has 1 aliphatic heterocycles. The minimum Gasteiger partial charge on any atom is -0.310 e. The molecule has 1 aromatic heterocycles. The number of amides is 1. The van der Waals surface area contributed by atoms with Crippen molar-refractivity contribution in [3.8, 4) is 5.69 Å². The van der Waals surface area contributed by atoms with E-state index in [1.54, 1.807) is 11.8 Å². The smallest absolute Gasteiger partial charge is 0.235 e. The molecule has 6 heteroatoms. The number of benzene rings is 2. The van der Waals surface area contributed by atoms with Gasteiger partial charge in [-0.05, 0) is 36.8 Å². The number of para-hydroxylation sites is 1. The van der Waals surface area contributed by atoms with Crippen molar-refractivity contribution in [2.24, 2.45) is 0 Å². The number of carbonyl (C=O) groups excluding carboxylic acids is 1. The Balaban J connectivity index is 1.88. The largest absolute Gasteiger partial charge is 0.310 e. The van der Waals surface area contributed by atoms with Crippen LogP contribution in [0.5, 0.6) is 0 Å². The molecule has 1 atom stereocenters. The van der Waals surface area contributed by atoms with Crippen LogP contribution in [0.15, 0.2) is 59.1 Å². The van der Waals surface area contributed by atoms with Gasteiger partial charge in [0.15, 0.2) is 0 Å². The molecule has 0 saturated carbocycles. The highest BCUT2D eigenvalue weighted by Gasteiger charge is 2.30. The van der Waals surface area contributed by atoms with Gasteiger partial charge in [0.2, 0.25) is 5.91 Å². The monoisotopic (exact) mass is 413 g/mol. The Labute approximate surface area is 158 Å². The average molecular weight is 414 g/mol. The molecule has 3 aromatic rings. The SMILES string of the molecule is Cc1nn(-c2ccccc2)c2c1[C@H](c1ccc(Br)cc1)SCC(=O)N2. The molecular formula is C19H16BrN3OS. The quantitative estimate of drug-likeness (QED) is 0.660. The molecule has 25 heavy (non-hydrogen) atoms. The number of aryl methyl sites for hydroxylation is 1. The van der Waals surface area contributed by atoms with E-state index in [4.69, 9.17) is 5.10 Å². The maximum absolute atomic E-state index is 12.3. The van der Waals surface area contributed by atoms with E-state index < -0.39 is 0 Å². The second kappa shape index (κ2) is 6.69. The fourth-order valence-electron chi connectivity index (χ4n) is 3.04. The summed E-state index contributed by atoms with van der Waals surface area (Å²) in [6.07, 6.45) is 0. The van der Waals surface area contributed by atoms with Crippen molar-refractivity contribution in [1.29, 1.82) is 0 Å². The van der Waals surface area contributed by atoms with E-state index in [2.05, 4.69) is 33.4 Å². The third kappa shape index (κ3) is 3.12. The van der Waals surface area contributed by atoms with Crippen LogP contribution in [-0.4, -0.2) is 21.4 Å². The number of hydrogen-bond donors (Lipinski definition) is 1. The molecule has 0 bridgehead atoms. The van der Waals surface area contributed by atoms with Crippen molar-refractivity contribution in [3.63, 3.8) is 0 Å². The van der Waals surface area contributed by atoms with Crippen molar-refractivity contribution >= 4 is 39.4 Å². The van der Waals surface area contributed by atoms with E-state index in [0.29, 0.717) is 5.75 Å². The molecule has 0 spiro atoms. The van der Waals surface area contributed by atoms with E-state index in [9.17, 15) is 4.79 Å². The van der Waals surface area contributed by atoms with Gasteiger partial charge in [-0.1, -0.05) is 46.3 Å². The molecule has 4 rings (SSSR count). The van der Waals surface area contributed by atoms with Crippen LogP contribution in [-0.2, 0) is 4.79 Å². The first kappa shape index (κ1) is 16.4. The molecule has 126 valence electrons. The second-order valence-electron chi connectivity index (χ2n) is 5.89. The highest BCUT2D eigenvalue weighted by molar-refractivity contribution is 9.10. The first-order valence-corrected chi connectivity index (χ1v) is 9.79. The van der Waals surface area contributed by atoms with Crippen molar-refractivity contribution in [3.05, 3.63) is 75.9 Å². The maximum atomic E-state index is 12.3. The molecule has 0 radical (unpaired) electrons. The van der Waals surface area contributed by atoms with Crippen LogP contribution in [0.1, 0.15) is 22.1 Å². The summed E-state index contributed by atoms with van der Waals surface area (Å²) >= 11 is 5.12. The van der Waals surface area contributed by atoms with E-state index in [1.807, 2.05) is 54.1 Å². The Hall–Kier alpha value is -2.05. The van der Waals surface area contributed by atoms with E-state index in [1.165, 1.54) is 5.56 Å². The second-order valence-corrected chi connectivity index (χ2v) is 7.89. The van der Waals surface area contributed by atoms with Crippen LogP contribution >= 0.6 is 27.7 Å². The topological polar surface area (TPSA) is 46.9 Å². The van der Waals surface area contributed by atoms with Crippen LogP contribution in [0.4, 0.5) is 5.82 Å². The summed E-state index contributed by atoms with van der Waals surface area (Å²) in [5.74, 6) is 1.19. The van der Waals surface area contributed by atoms with Crippen LogP contribution < -0.4 is 5.32 Å². The van der Waals surface area contributed by atoms with Crippen LogP contribution in [0, 0.1) is 6.92 Å². The number of rotatable bonds is 2. The number of fused-ring (bicyclic) bond motifs is 1. The van der Waals surface area contributed by atoms with E-state index in [0.717, 1.165) is 27.2 Å². The summed E-state index contributed by atoms with van der Waals surface area (Å²) in [4.78, 5) is 12.3. The molecule has 4 nitrogen and oxygen atoms in total. The number of halogens is 1. The number of thioether (sulfide) groups is 1. The van der Waals surface area contributed by atoms with E-state index in [-0.39, 0.29) is 11.2 Å². The summed E-state index contributed by atoms with van der Waals surface area (Å²) in [5, 5.41) is 7.83. The molecule has 0 saturated heterocycles. The zero-order valence-corrected chi connectivity index (χ0v) is 16.0. The number of carbonyl (C=O) groups is 1. The number of hydrogen-bond acceptors (Lipinski definition) is 3. The van der Waals surface area contributed by atoms with Gasteiger partial charge in [-0.25, -0.2) is 4.68 Å². The number of nitrogens with zero attached hydrogens (tertiary/aromatic N) is 2. The van der Waals surface area contributed by atoms with Crippen molar-refractivity contribution < 1.29 is 4.79 Å². The molecule has 2 heterocycles.